The number of rotatable bonds is 2. The Kier molecular flexibility index (Phi) is 1.97. The SMILES string of the molecule is C[C@@]12C[C@@H](C[Si](C)(C)C)[C@]1(C)C21CCCC1. The highest BCUT2D eigenvalue weighted by atomic mass is 28.3. The van der Waals surface area contributed by atoms with E-state index in [1.54, 1.807) is 25.3 Å². The van der Waals surface area contributed by atoms with Crippen molar-refractivity contribution < 1.29 is 0 Å². The predicted molar refractivity (Wildman–Crippen MR) is 73.4 cm³/mol. The molecule has 1 spiro atoms. The summed E-state index contributed by atoms with van der Waals surface area (Å²) in [4.78, 5) is 0. The molecule has 0 heterocycles. The van der Waals surface area contributed by atoms with Crippen molar-refractivity contribution in [3.05, 3.63) is 0 Å². The molecule has 0 aliphatic heterocycles. The van der Waals surface area contributed by atoms with Gasteiger partial charge in [0, 0.05) is 8.07 Å². The van der Waals surface area contributed by atoms with Gasteiger partial charge in [0.05, 0.1) is 0 Å². The highest BCUT2D eigenvalue weighted by Crippen LogP contribution is 2.95. The summed E-state index contributed by atoms with van der Waals surface area (Å²) in [7, 11) is -0.853. The maximum Gasteiger partial charge on any atom is 0.0445 e. The lowest BCUT2D eigenvalue weighted by Crippen LogP contribution is -2.38. The zero-order valence-electron chi connectivity index (χ0n) is 11.8. The lowest BCUT2D eigenvalue weighted by Gasteiger charge is -2.42. The van der Waals surface area contributed by atoms with E-state index in [-0.39, 0.29) is 0 Å². The summed E-state index contributed by atoms with van der Waals surface area (Å²) < 4.78 is 0. The Labute approximate surface area is 102 Å². The first kappa shape index (κ1) is 11.3. The van der Waals surface area contributed by atoms with Crippen LogP contribution in [0.1, 0.15) is 46.0 Å². The Bertz CT molecular complexity index is 321. The summed E-state index contributed by atoms with van der Waals surface area (Å²) in [5.74, 6) is 1.09. The zero-order chi connectivity index (χ0) is 11.8. The summed E-state index contributed by atoms with van der Waals surface area (Å²) in [5.41, 5.74) is 2.34. The molecule has 0 radical (unpaired) electrons. The third-order valence-electron chi connectivity index (χ3n) is 6.92. The molecule has 3 atom stereocenters. The largest absolute Gasteiger partial charge is 0.0695 e. The third-order valence-corrected chi connectivity index (χ3v) is 8.64. The Balaban J connectivity index is 1.81. The van der Waals surface area contributed by atoms with Crippen LogP contribution >= 0.6 is 0 Å². The standard InChI is InChI=1S/C15H28Si/c1-13-10-12(11-16(3,4)5)14(13,2)15(13)8-6-7-9-15/h12H,6-11H2,1-5H3/t12-,13+,14-/m0/s1. The van der Waals surface area contributed by atoms with Crippen molar-refractivity contribution in [1.82, 2.24) is 0 Å². The van der Waals surface area contributed by atoms with Crippen LogP contribution in [-0.2, 0) is 0 Å². The fourth-order valence-corrected chi connectivity index (χ4v) is 8.12. The van der Waals surface area contributed by atoms with Gasteiger partial charge in [-0.25, -0.2) is 0 Å². The summed E-state index contributed by atoms with van der Waals surface area (Å²) >= 11 is 0. The van der Waals surface area contributed by atoms with Crippen LogP contribution in [0.5, 0.6) is 0 Å². The molecule has 0 aromatic rings. The molecule has 3 saturated carbocycles. The van der Waals surface area contributed by atoms with Gasteiger partial charge in [0.2, 0.25) is 0 Å². The van der Waals surface area contributed by atoms with Crippen molar-refractivity contribution in [2.75, 3.05) is 0 Å². The number of hydrogen-bond acceptors (Lipinski definition) is 0. The predicted octanol–water partition coefficient (Wildman–Crippen LogP) is 4.93. The Morgan fingerprint density at radius 3 is 2.12 bits per heavy atom. The van der Waals surface area contributed by atoms with Crippen LogP contribution in [0, 0.1) is 22.2 Å². The maximum absolute atomic E-state index is 2.65. The van der Waals surface area contributed by atoms with Gasteiger partial charge in [-0.3, -0.25) is 0 Å². The average Bonchev–Trinajstić information content (AvgIpc) is 2.61. The van der Waals surface area contributed by atoms with Crippen LogP contribution in [0.2, 0.25) is 25.7 Å². The monoisotopic (exact) mass is 236 g/mol. The minimum atomic E-state index is -0.853. The third kappa shape index (κ3) is 0.985. The van der Waals surface area contributed by atoms with Crippen LogP contribution in [0.3, 0.4) is 0 Å². The van der Waals surface area contributed by atoms with Gasteiger partial charge < -0.3 is 0 Å². The molecule has 0 aromatic heterocycles. The van der Waals surface area contributed by atoms with Crippen molar-refractivity contribution in [2.45, 2.75) is 71.6 Å². The van der Waals surface area contributed by atoms with Crippen LogP contribution in [0.25, 0.3) is 0 Å². The molecule has 16 heavy (non-hydrogen) atoms. The van der Waals surface area contributed by atoms with Crippen molar-refractivity contribution in [3.63, 3.8) is 0 Å². The van der Waals surface area contributed by atoms with Gasteiger partial charge in [0.15, 0.2) is 0 Å². The molecule has 3 fully saturated rings. The highest BCUT2D eigenvalue weighted by molar-refractivity contribution is 6.76. The van der Waals surface area contributed by atoms with Gasteiger partial charge in [-0.1, -0.05) is 52.4 Å². The first-order valence-electron chi connectivity index (χ1n) is 7.27. The second-order valence-corrected chi connectivity index (χ2v) is 14.0. The first-order chi connectivity index (χ1) is 7.27. The lowest BCUT2D eigenvalue weighted by atomic mass is 9.67. The Morgan fingerprint density at radius 2 is 1.62 bits per heavy atom. The fraction of sp³-hybridized carbons (Fsp3) is 1.00. The molecule has 92 valence electrons. The summed E-state index contributed by atoms with van der Waals surface area (Å²) in [6, 6.07) is 1.58. The van der Waals surface area contributed by atoms with Crippen LogP contribution in [0.4, 0.5) is 0 Å². The van der Waals surface area contributed by atoms with E-state index in [4.69, 9.17) is 0 Å². The Hall–Kier alpha value is 0.217. The fourth-order valence-electron chi connectivity index (χ4n) is 6.09. The van der Waals surface area contributed by atoms with E-state index in [0.717, 1.165) is 22.2 Å². The van der Waals surface area contributed by atoms with Crippen LogP contribution in [-0.4, -0.2) is 8.07 Å². The molecule has 0 N–H and O–H groups in total. The maximum atomic E-state index is 2.65. The van der Waals surface area contributed by atoms with Crippen molar-refractivity contribution >= 4 is 8.07 Å². The molecular formula is C15H28Si. The van der Waals surface area contributed by atoms with Gasteiger partial charge in [0.25, 0.3) is 0 Å². The second-order valence-electron chi connectivity index (χ2n) is 8.49. The van der Waals surface area contributed by atoms with Gasteiger partial charge in [-0.05, 0) is 41.4 Å². The van der Waals surface area contributed by atoms with Crippen molar-refractivity contribution in [3.8, 4) is 0 Å². The topological polar surface area (TPSA) is 0 Å². The summed E-state index contributed by atoms with van der Waals surface area (Å²) in [6.07, 6.45) is 7.72. The van der Waals surface area contributed by atoms with E-state index in [1.807, 2.05) is 0 Å². The molecule has 0 bridgehead atoms. The molecular weight excluding hydrogens is 208 g/mol. The van der Waals surface area contributed by atoms with E-state index in [0.29, 0.717) is 0 Å². The minimum Gasteiger partial charge on any atom is -0.0695 e. The van der Waals surface area contributed by atoms with Gasteiger partial charge >= 0.3 is 0 Å². The van der Waals surface area contributed by atoms with Crippen LogP contribution in [0.15, 0.2) is 0 Å². The zero-order valence-corrected chi connectivity index (χ0v) is 12.8. The molecule has 0 amide bonds. The minimum absolute atomic E-state index is 0.761. The van der Waals surface area contributed by atoms with E-state index in [2.05, 4.69) is 33.5 Å². The normalized spacial score (nSPS) is 48.9. The van der Waals surface area contributed by atoms with Gasteiger partial charge in [-0.15, -0.1) is 0 Å². The molecule has 0 saturated heterocycles. The lowest BCUT2D eigenvalue weighted by molar-refractivity contribution is 0.118. The molecule has 0 aromatic carbocycles. The second kappa shape index (κ2) is 2.79. The summed E-state index contributed by atoms with van der Waals surface area (Å²) in [5, 5.41) is 0. The molecule has 0 nitrogen and oxygen atoms in total. The van der Waals surface area contributed by atoms with Gasteiger partial charge in [-0.2, -0.15) is 0 Å². The summed E-state index contributed by atoms with van der Waals surface area (Å²) in [6.45, 7) is 12.9. The quantitative estimate of drug-likeness (QED) is 0.596. The van der Waals surface area contributed by atoms with Gasteiger partial charge in [0.1, 0.15) is 0 Å². The highest BCUT2D eigenvalue weighted by Gasteiger charge is 2.89. The Morgan fingerprint density at radius 1 is 1.06 bits per heavy atom. The molecule has 3 aliphatic rings. The molecule has 3 rings (SSSR count). The van der Waals surface area contributed by atoms with Crippen molar-refractivity contribution in [2.24, 2.45) is 22.2 Å². The van der Waals surface area contributed by atoms with Crippen LogP contribution < -0.4 is 0 Å². The molecule has 1 heteroatoms. The average molecular weight is 236 g/mol. The van der Waals surface area contributed by atoms with E-state index < -0.39 is 8.07 Å². The smallest absolute Gasteiger partial charge is 0.0445 e. The van der Waals surface area contributed by atoms with E-state index in [1.165, 1.54) is 12.8 Å². The van der Waals surface area contributed by atoms with Crippen molar-refractivity contribution in [1.29, 1.82) is 0 Å². The van der Waals surface area contributed by atoms with E-state index >= 15 is 0 Å². The number of fused-ring (bicyclic) bond motifs is 3. The number of hydrogen-bond donors (Lipinski definition) is 0. The molecule has 3 aliphatic carbocycles. The first-order valence-corrected chi connectivity index (χ1v) is 11.0. The molecule has 0 unspecified atom stereocenters. The van der Waals surface area contributed by atoms with E-state index in [9.17, 15) is 0 Å².